The van der Waals surface area contributed by atoms with Crippen LogP contribution in [0.2, 0.25) is 0 Å². The Morgan fingerprint density at radius 1 is 0.714 bits per heavy atom. The number of ether oxygens (including phenoxy) is 1. The van der Waals surface area contributed by atoms with Crippen molar-refractivity contribution in [1.82, 2.24) is 0 Å². The van der Waals surface area contributed by atoms with Crippen LogP contribution in [0.3, 0.4) is 0 Å². The zero-order chi connectivity index (χ0) is 32.8. The van der Waals surface area contributed by atoms with Gasteiger partial charge in [0.15, 0.2) is 18.2 Å². The van der Waals surface area contributed by atoms with Crippen LogP contribution in [-0.2, 0) is 23.9 Å². The molecule has 3 rings (SSSR count). The summed E-state index contributed by atoms with van der Waals surface area (Å²) in [6.45, 7) is 22.1. The van der Waals surface area contributed by atoms with Gasteiger partial charge in [0.25, 0.3) is 0 Å². The number of allylic oxidation sites excluding steroid dienone is 6. The fraction of sp³-hybridized carbons (Fsp3) is 0.714. The minimum Gasteiger partial charge on any atom is -0.457 e. The Morgan fingerprint density at radius 2 is 1.07 bits per heavy atom. The van der Waals surface area contributed by atoms with Crippen LogP contribution in [0.4, 0.5) is 0 Å². The molecule has 0 amide bonds. The molecule has 0 aromatic carbocycles. The van der Waals surface area contributed by atoms with Crippen LogP contribution in [0.5, 0.6) is 0 Å². The molecule has 0 radical (unpaired) electrons. The summed E-state index contributed by atoms with van der Waals surface area (Å²) in [7, 11) is 0. The first kappa shape index (κ1) is 38.5. The number of carbonyl (C=O) groups is 4. The molecule has 0 fully saturated rings. The van der Waals surface area contributed by atoms with Crippen molar-refractivity contribution in [2.45, 2.75) is 102 Å². The Hall–Kier alpha value is -1.53. The second-order valence-electron chi connectivity index (χ2n) is 14.4. The number of Topliss-reactive ketones (excluding diaryl/α,β-unsaturated/α-hetero) is 3. The SMILES string of the molecule is CC1(C)C=CC[C@]1(C)C(=O)CBr.CC1(C)C=CC[C@]1(C)C(=O)CCl.CC[C@H](C)C(=O)OCC(=O)[C@@]1(C)CC=CC1(C)C. The molecular formula is C35H54BrClO5. The fourth-order valence-electron chi connectivity index (χ4n) is 5.43. The largest absolute Gasteiger partial charge is 0.457 e. The van der Waals surface area contributed by atoms with E-state index in [1.165, 1.54) is 0 Å². The van der Waals surface area contributed by atoms with Gasteiger partial charge in [-0.05, 0) is 41.9 Å². The molecule has 7 heteroatoms. The van der Waals surface area contributed by atoms with Crippen LogP contribution in [0.1, 0.15) is 102 Å². The van der Waals surface area contributed by atoms with E-state index in [4.69, 9.17) is 16.3 Å². The zero-order valence-corrected chi connectivity index (χ0v) is 30.1. The van der Waals surface area contributed by atoms with Crippen LogP contribution >= 0.6 is 27.5 Å². The maximum Gasteiger partial charge on any atom is 0.309 e. The fourth-order valence-corrected chi connectivity index (χ4v) is 6.34. The quantitative estimate of drug-likeness (QED) is 0.139. The molecule has 0 aliphatic heterocycles. The van der Waals surface area contributed by atoms with E-state index >= 15 is 0 Å². The molecule has 42 heavy (non-hydrogen) atoms. The minimum absolute atomic E-state index is 0.00848. The van der Waals surface area contributed by atoms with Crippen LogP contribution in [0, 0.1) is 38.4 Å². The lowest BCUT2D eigenvalue weighted by molar-refractivity contribution is -0.155. The van der Waals surface area contributed by atoms with Crippen LogP contribution < -0.4 is 0 Å². The van der Waals surface area contributed by atoms with Crippen LogP contribution in [0.15, 0.2) is 36.5 Å². The molecule has 238 valence electrons. The van der Waals surface area contributed by atoms with Gasteiger partial charge in [-0.1, -0.05) is 129 Å². The summed E-state index contributed by atoms with van der Waals surface area (Å²) < 4.78 is 5.11. The van der Waals surface area contributed by atoms with E-state index in [-0.39, 0.29) is 63.0 Å². The van der Waals surface area contributed by atoms with Gasteiger partial charge in [0.1, 0.15) is 5.78 Å². The molecule has 3 aliphatic rings. The molecule has 0 aromatic heterocycles. The first-order valence-corrected chi connectivity index (χ1v) is 16.7. The van der Waals surface area contributed by atoms with E-state index in [0.29, 0.717) is 11.1 Å². The Morgan fingerprint density at radius 3 is 1.36 bits per heavy atom. The van der Waals surface area contributed by atoms with Crippen molar-refractivity contribution in [3.63, 3.8) is 0 Å². The van der Waals surface area contributed by atoms with Crippen molar-refractivity contribution in [1.29, 1.82) is 0 Å². The third kappa shape index (κ3) is 7.94. The maximum atomic E-state index is 12.3. The second-order valence-corrected chi connectivity index (χ2v) is 15.3. The van der Waals surface area contributed by atoms with E-state index < -0.39 is 5.41 Å². The molecule has 0 N–H and O–H groups in total. The van der Waals surface area contributed by atoms with Crippen molar-refractivity contribution >= 4 is 50.8 Å². The molecule has 4 atom stereocenters. The number of carbonyl (C=O) groups excluding carboxylic acids is 4. The summed E-state index contributed by atoms with van der Waals surface area (Å²) in [5.74, 6) is 0.172. The number of alkyl halides is 2. The lowest BCUT2D eigenvalue weighted by atomic mass is 9.66. The summed E-state index contributed by atoms with van der Waals surface area (Å²) in [6.07, 6.45) is 15.7. The maximum absolute atomic E-state index is 12.3. The standard InChI is InChI=1S/C15H24O3.C10H15BrO.C10H15ClO/c1-6-11(2)13(17)18-10-12(16)15(5)9-7-8-14(15,3)4;2*1-9(2)5-4-6-10(9,3)8(12)7-11/h7-8,11H,6,9-10H2,1-5H3;2*4-5H,6-7H2,1-3H3/t11-,15+;2*10-/m011/s1. The first-order chi connectivity index (χ1) is 19.1. The van der Waals surface area contributed by atoms with Gasteiger partial charge in [0.2, 0.25) is 0 Å². The molecule has 0 spiro atoms. The molecule has 0 unspecified atom stereocenters. The average molecular weight is 670 g/mol. The minimum atomic E-state index is -0.456. The lowest BCUT2D eigenvalue weighted by Gasteiger charge is -2.36. The van der Waals surface area contributed by atoms with Gasteiger partial charge in [0.05, 0.1) is 17.1 Å². The Kier molecular flexibility index (Phi) is 13.3. The van der Waals surface area contributed by atoms with Gasteiger partial charge in [-0.2, -0.15) is 0 Å². The number of hydrogen-bond acceptors (Lipinski definition) is 5. The number of esters is 1. The average Bonchev–Trinajstić information content (AvgIpc) is 3.49. The van der Waals surface area contributed by atoms with E-state index in [9.17, 15) is 19.2 Å². The van der Waals surface area contributed by atoms with Gasteiger partial charge in [-0.15, -0.1) is 11.6 Å². The molecule has 0 aromatic rings. The van der Waals surface area contributed by atoms with Gasteiger partial charge in [0, 0.05) is 16.2 Å². The molecule has 0 heterocycles. The second kappa shape index (κ2) is 14.5. The monoisotopic (exact) mass is 668 g/mol. The Balaban J connectivity index is 0.000000325. The summed E-state index contributed by atoms with van der Waals surface area (Å²) in [5.41, 5.74) is -1.14. The predicted octanol–water partition coefficient (Wildman–Crippen LogP) is 8.87. The number of halogens is 2. The third-order valence-corrected chi connectivity index (χ3v) is 11.6. The van der Waals surface area contributed by atoms with Crippen molar-refractivity contribution in [3.8, 4) is 0 Å². The van der Waals surface area contributed by atoms with E-state index in [1.807, 2.05) is 47.6 Å². The van der Waals surface area contributed by atoms with Crippen molar-refractivity contribution in [3.05, 3.63) is 36.5 Å². The predicted molar refractivity (Wildman–Crippen MR) is 177 cm³/mol. The van der Waals surface area contributed by atoms with E-state index in [1.54, 1.807) is 0 Å². The van der Waals surface area contributed by atoms with Crippen LogP contribution in [0.25, 0.3) is 0 Å². The van der Waals surface area contributed by atoms with Gasteiger partial charge in [-0.25, -0.2) is 0 Å². The lowest BCUT2D eigenvalue weighted by Crippen LogP contribution is -2.40. The Labute approximate surface area is 268 Å². The number of rotatable bonds is 9. The van der Waals surface area contributed by atoms with Crippen molar-refractivity contribution in [2.24, 2.45) is 38.4 Å². The van der Waals surface area contributed by atoms with Crippen LogP contribution in [-0.4, -0.2) is 41.1 Å². The topological polar surface area (TPSA) is 77.5 Å². The first-order valence-electron chi connectivity index (χ1n) is 15.0. The molecule has 0 saturated heterocycles. The normalized spacial score (nSPS) is 30.0. The van der Waals surface area contributed by atoms with E-state index in [2.05, 4.69) is 80.9 Å². The summed E-state index contributed by atoms with van der Waals surface area (Å²) in [6, 6.07) is 0. The highest BCUT2D eigenvalue weighted by Gasteiger charge is 2.48. The number of hydrogen-bond donors (Lipinski definition) is 0. The Bertz CT molecular complexity index is 1050. The summed E-state index contributed by atoms with van der Waals surface area (Å²) in [4.78, 5) is 47.1. The van der Waals surface area contributed by atoms with E-state index in [0.717, 1.165) is 25.7 Å². The van der Waals surface area contributed by atoms with Crippen molar-refractivity contribution in [2.75, 3.05) is 17.8 Å². The smallest absolute Gasteiger partial charge is 0.309 e. The molecule has 3 aliphatic carbocycles. The number of ketones is 3. The molecule has 5 nitrogen and oxygen atoms in total. The third-order valence-electron chi connectivity index (χ3n) is 10.9. The summed E-state index contributed by atoms with van der Waals surface area (Å²) >= 11 is 8.81. The van der Waals surface area contributed by atoms with Gasteiger partial charge >= 0.3 is 5.97 Å². The highest BCUT2D eigenvalue weighted by molar-refractivity contribution is 9.09. The zero-order valence-electron chi connectivity index (χ0n) is 27.8. The highest BCUT2D eigenvalue weighted by Crippen LogP contribution is 2.50. The molecular weight excluding hydrogens is 616 g/mol. The van der Waals surface area contributed by atoms with Gasteiger partial charge in [-0.3, -0.25) is 19.2 Å². The van der Waals surface area contributed by atoms with Gasteiger partial charge < -0.3 is 4.74 Å². The summed E-state index contributed by atoms with van der Waals surface area (Å²) in [5, 5.41) is 0.467. The highest BCUT2D eigenvalue weighted by atomic mass is 79.9. The molecule has 0 bridgehead atoms. The van der Waals surface area contributed by atoms with Crippen molar-refractivity contribution < 1.29 is 23.9 Å². The molecule has 0 saturated carbocycles.